The van der Waals surface area contributed by atoms with E-state index >= 15 is 0 Å². The van der Waals surface area contributed by atoms with Crippen LogP contribution in [0.4, 0.5) is 11.8 Å². The van der Waals surface area contributed by atoms with E-state index in [4.69, 9.17) is 5.73 Å². The van der Waals surface area contributed by atoms with Gasteiger partial charge >= 0.3 is 0 Å². The van der Waals surface area contributed by atoms with Gasteiger partial charge in [-0.25, -0.2) is 22.4 Å². The molecule has 0 aliphatic carbocycles. The fraction of sp³-hybridized carbons (Fsp3) is 0.0556. The number of nitrogens with zero attached hydrogens (tertiary/aromatic N) is 4. The molecule has 0 spiro atoms. The SMILES string of the molecule is CNc1cc(-c2ccnc3c2ccn3S(=O)(=O)c2ccccc2)nc(N)n1. The summed E-state index contributed by atoms with van der Waals surface area (Å²) < 4.78 is 27.1. The molecule has 3 N–H and O–H groups in total. The Bertz CT molecular complexity index is 1240. The maximum atomic E-state index is 13.0. The average molecular weight is 380 g/mol. The van der Waals surface area contributed by atoms with E-state index in [-0.39, 0.29) is 10.8 Å². The normalized spacial score (nSPS) is 11.6. The Kier molecular flexibility index (Phi) is 4.00. The van der Waals surface area contributed by atoms with Gasteiger partial charge in [-0.1, -0.05) is 18.2 Å². The molecule has 9 heteroatoms. The van der Waals surface area contributed by atoms with Crippen molar-refractivity contribution in [3.63, 3.8) is 0 Å². The van der Waals surface area contributed by atoms with Crippen LogP contribution in [0.5, 0.6) is 0 Å². The zero-order valence-corrected chi connectivity index (χ0v) is 15.2. The van der Waals surface area contributed by atoms with Gasteiger partial charge in [-0.2, -0.15) is 4.98 Å². The standard InChI is InChI=1S/C18H16N6O2S/c1-20-16-11-15(22-18(19)23-16)13-7-9-21-17-14(13)8-10-24(17)27(25,26)12-5-3-2-4-6-12/h2-11H,1H3,(H3,19,20,22,23). The highest BCUT2D eigenvalue weighted by atomic mass is 32.2. The lowest BCUT2D eigenvalue weighted by atomic mass is 10.1. The molecular weight excluding hydrogens is 364 g/mol. The first-order valence-electron chi connectivity index (χ1n) is 8.10. The van der Waals surface area contributed by atoms with E-state index in [9.17, 15) is 8.42 Å². The van der Waals surface area contributed by atoms with Crippen LogP contribution in [0.2, 0.25) is 0 Å². The zero-order chi connectivity index (χ0) is 19.0. The van der Waals surface area contributed by atoms with Gasteiger partial charge < -0.3 is 11.1 Å². The summed E-state index contributed by atoms with van der Waals surface area (Å²) in [6.45, 7) is 0. The van der Waals surface area contributed by atoms with Crippen molar-refractivity contribution in [2.24, 2.45) is 0 Å². The van der Waals surface area contributed by atoms with Crippen LogP contribution in [0.1, 0.15) is 0 Å². The molecule has 0 fully saturated rings. The second kappa shape index (κ2) is 6.36. The molecule has 0 unspecified atom stereocenters. The fourth-order valence-electron chi connectivity index (χ4n) is 2.87. The van der Waals surface area contributed by atoms with E-state index < -0.39 is 10.0 Å². The molecule has 3 aromatic heterocycles. The Hall–Kier alpha value is -3.46. The monoisotopic (exact) mass is 380 g/mol. The largest absolute Gasteiger partial charge is 0.373 e. The predicted molar refractivity (Wildman–Crippen MR) is 104 cm³/mol. The highest BCUT2D eigenvalue weighted by Gasteiger charge is 2.21. The number of nitrogens with one attached hydrogen (secondary N) is 1. The van der Waals surface area contributed by atoms with Gasteiger partial charge in [0.15, 0.2) is 5.65 Å². The van der Waals surface area contributed by atoms with E-state index in [1.54, 1.807) is 61.8 Å². The Morgan fingerprint density at radius 1 is 1.07 bits per heavy atom. The Morgan fingerprint density at radius 3 is 2.59 bits per heavy atom. The van der Waals surface area contributed by atoms with Gasteiger partial charge in [0.2, 0.25) is 5.95 Å². The number of benzene rings is 1. The molecule has 4 rings (SSSR count). The Morgan fingerprint density at radius 2 is 1.85 bits per heavy atom. The summed E-state index contributed by atoms with van der Waals surface area (Å²) in [6.07, 6.45) is 3.04. The van der Waals surface area contributed by atoms with Crippen LogP contribution >= 0.6 is 0 Å². The number of aromatic nitrogens is 4. The first kappa shape index (κ1) is 17.0. The maximum Gasteiger partial charge on any atom is 0.269 e. The number of hydrogen-bond donors (Lipinski definition) is 2. The first-order valence-corrected chi connectivity index (χ1v) is 9.54. The van der Waals surface area contributed by atoms with Crippen LogP contribution in [0.15, 0.2) is 65.8 Å². The molecule has 0 radical (unpaired) electrons. The summed E-state index contributed by atoms with van der Waals surface area (Å²) in [5, 5.41) is 3.58. The van der Waals surface area contributed by atoms with Crippen molar-refractivity contribution in [3.8, 4) is 11.3 Å². The molecule has 0 saturated carbocycles. The summed E-state index contributed by atoms with van der Waals surface area (Å²) in [4.78, 5) is 12.8. The molecule has 8 nitrogen and oxygen atoms in total. The third-order valence-corrected chi connectivity index (χ3v) is 5.81. The number of hydrogen-bond acceptors (Lipinski definition) is 7. The second-order valence-corrected chi connectivity index (χ2v) is 7.59. The molecule has 136 valence electrons. The van der Waals surface area contributed by atoms with Crippen LogP contribution in [0.25, 0.3) is 22.3 Å². The highest BCUT2D eigenvalue weighted by Crippen LogP contribution is 2.30. The van der Waals surface area contributed by atoms with Crippen molar-refractivity contribution in [1.82, 2.24) is 18.9 Å². The van der Waals surface area contributed by atoms with Crippen molar-refractivity contribution >= 4 is 32.8 Å². The van der Waals surface area contributed by atoms with Crippen molar-refractivity contribution < 1.29 is 8.42 Å². The maximum absolute atomic E-state index is 13.0. The molecule has 0 aliphatic heterocycles. The molecule has 0 bridgehead atoms. The van der Waals surface area contributed by atoms with Gasteiger partial charge in [-0.05, 0) is 24.3 Å². The van der Waals surface area contributed by atoms with E-state index in [1.165, 1.54) is 10.2 Å². The number of rotatable bonds is 4. The van der Waals surface area contributed by atoms with Gasteiger partial charge in [-0.15, -0.1) is 0 Å². The summed E-state index contributed by atoms with van der Waals surface area (Å²) in [7, 11) is -2.03. The minimum atomic E-state index is -3.76. The highest BCUT2D eigenvalue weighted by molar-refractivity contribution is 7.90. The van der Waals surface area contributed by atoms with E-state index in [0.717, 1.165) is 0 Å². The van der Waals surface area contributed by atoms with Gasteiger partial charge in [0, 0.05) is 36.5 Å². The van der Waals surface area contributed by atoms with Crippen LogP contribution in [-0.4, -0.2) is 34.4 Å². The third-order valence-electron chi connectivity index (χ3n) is 4.13. The van der Waals surface area contributed by atoms with Crippen LogP contribution < -0.4 is 11.1 Å². The summed E-state index contributed by atoms with van der Waals surface area (Å²) >= 11 is 0. The fourth-order valence-corrected chi connectivity index (χ4v) is 4.19. The van der Waals surface area contributed by atoms with E-state index in [0.29, 0.717) is 28.1 Å². The summed E-state index contributed by atoms with van der Waals surface area (Å²) in [5.41, 5.74) is 7.40. The molecule has 0 atom stereocenters. The number of anilines is 2. The number of pyridine rings is 1. The van der Waals surface area contributed by atoms with Crippen molar-refractivity contribution in [1.29, 1.82) is 0 Å². The van der Waals surface area contributed by atoms with E-state index in [2.05, 4.69) is 20.3 Å². The number of nitrogens with two attached hydrogens (primary N) is 1. The molecule has 1 aromatic carbocycles. The van der Waals surface area contributed by atoms with Crippen LogP contribution in [0.3, 0.4) is 0 Å². The molecule has 0 aliphatic rings. The lowest BCUT2D eigenvalue weighted by molar-refractivity contribution is 0.589. The van der Waals surface area contributed by atoms with Crippen LogP contribution in [-0.2, 0) is 10.0 Å². The minimum absolute atomic E-state index is 0.123. The summed E-state index contributed by atoms with van der Waals surface area (Å²) in [5.74, 6) is 0.692. The van der Waals surface area contributed by atoms with Crippen molar-refractivity contribution in [2.45, 2.75) is 4.90 Å². The predicted octanol–water partition coefficient (Wildman–Crippen LogP) is 2.35. The van der Waals surface area contributed by atoms with Crippen molar-refractivity contribution in [3.05, 3.63) is 60.9 Å². The van der Waals surface area contributed by atoms with Crippen LogP contribution in [0, 0.1) is 0 Å². The second-order valence-electron chi connectivity index (χ2n) is 5.77. The van der Waals surface area contributed by atoms with Gasteiger partial charge in [0.1, 0.15) is 5.82 Å². The molecular formula is C18H16N6O2S. The van der Waals surface area contributed by atoms with Gasteiger partial charge in [0.05, 0.1) is 10.6 Å². The third kappa shape index (κ3) is 2.87. The average Bonchev–Trinajstić information content (AvgIpc) is 3.13. The molecule has 0 amide bonds. The smallest absolute Gasteiger partial charge is 0.269 e. The van der Waals surface area contributed by atoms with E-state index in [1.807, 2.05) is 0 Å². The molecule has 4 aromatic rings. The molecule has 0 saturated heterocycles. The van der Waals surface area contributed by atoms with Gasteiger partial charge in [0.25, 0.3) is 10.0 Å². The molecule has 3 heterocycles. The Balaban J connectivity index is 1.92. The quantitative estimate of drug-likeness (QED) is 0.558. The first-order chi connectivity index (χ1) is 13.0. The lowest BCUT2D eigenvalue weighted by Gasteiger charge is -2.09. The topological polar surface area (TPSA) is 116 Å². The number of nitrogen functional groups attached to an aromatic ring is 1. The number of fused-ring (bicyclic) bond motifs is 1. The van der Waals surface area contributed by atoms with Crippen molar-refractivity contribution in [2.75, 3.05) is 18.1 Å². The van der Waals surface area contributed by atoms with Gasteiger partial charge in [-0.3, -0.25) is 0 Å². The zero-order valence-electron chi connectivity index (χ0n) is 14.4. The molecule has 27 heavy (non-hydrogen) atoms. The minimum Gasteiger partial charge on any atom is -0.373 e. The summed E-state index contributed by atoms with van der Waals surface area (Å²) in [6, 6.07) is 13.4. The lowest BCUT2D eigenvalue weighted by Crippen LogP contribution is -2.12. The Labute approximate surface area is 155 Å².